The van der Waals surface area contributed by atoms with Crippen molar-refractivity contribution in [2.24, 2.45) is 0 Å². The van der Waals surface area contributed by atoms with Gasteiger partial charge in [0.25, 0.3) is 0 Å². The minimum atomic E-state index is -0.592. The lowest BCUT2D eigenvalue weighted by atomic mass is 10.1. The lowest BCUT2D eigenvalue weighted by Crippen LogP contribution is -2.00. The van der Waals surface area contributed by atoms with Gasteiger partial charge in [-0.25, -0.2) is 4.98 Å². The van der Waals surface area contributed by atoms with Gasteiger partial charge in [-0.3, -0.25) is 14.9 Å². The molecule has 0 aliphatic rings. The van der Waals surface area contributed by atoms with Crippen LogP contribution in [0.25, 0.3) is 6.08 Å². The van der Waals surface area contributed by atoms with Crippen LogP contribution in [0.5, 0.6) is 17.2 Å². The van der Waals surface area contributed by atoms with Crippen LogP contribution in [0.1, 0.15) is 15.9 Å². The molecule has 0 bridgehead atoms. The van der Waals surface area contributed by atoms with Crippen LogP contribution >= 0.6 is 0 Å². The third-order valence-electron chi connectivity index (χ3n) is 4.56. The van der Waals surface area contributed by atoms with Gasteiger partial charge in [-0.15, -0.1) is 0 Å². The topological polar surface area (TPSA) is 113 Å². The first-order valence-corrected chi connectivity index (χ1v) is 9.45. The maximum absolute atomic E-state index is 12.6. The highest BCUT2D eigenvalue weighted by atomic mass is 16.6. The van der Waals surface area contributed by atoms with E-state index in [2.05, 4.69) is 10.3 Å². The molecular formula is C23H21N3O6. The molecule has 0 fully saturated rings. The fourth-order valence-electron chi connectivity index (χ4n) is 2.95. The normalized spacial score (nSPS) is 10.6. The van der Waals surface area contributed by atoms with Crippen LogP contribution in [-0.4, -0.2) is 37.0 Å². The summed E-state index contributed by atoms with van der Waals surface area (Å²) in [5.74, 6) is 1.37. The molecule has 0 amide bonds. The highest BCUT2D eigenvalue weighted by Crippen LogP contribution is 2.32. The van der Waals surface area contributed by atoms with Gasteiger partial charge in [0.15, 0.2) is 23.0 Å². The Labute approximate surface area is 184 Å². The number of aromatic nitrogens is 1. The number of hydrogen-bond donors (Lipinski definition) is 1. The third-order valence-corrected chi connectivity index (χ3v) is 4.56. The molecule has 1 heterocycles. The van der Waals surface area contributed by atoms with Crippen molar-refractivity contribution in [3.8, 4) is 17.2 Å². The number of nitro benzene ring substituents is 1. The van der Waals surface area contributed by atoms with Crippen LogP contribution in [-0.2, 0) is 0 Å². The van der Waals surface area contributed by atoms with E-state index in [1.54, 1.807) is 50.8 Å². The van der Waals surface area contributed by atoms with E-state index >= 15 is 0 Å². The summed E-state index contributed by atoms with van der Waals surface area (Å²) in [6.07, 6.45) is 4.55. The molecule has 0 aliphatic heterocycles. The number of nitrogens with one attached hydrogen (secondary N) is 1. The Bertz CT molecular complexity index is 1180. The molecule has 2 aromatic carbocycles. The SMILES string of the molecule is COc1ccc(Nc2ncccc2C=CC(=O)c2ccc(OC)c([N+](=O)[O-])c2)cc1OC. The maximum atomic E-state index is 12.6. The van der Waals surface area contributed by atoms with E-state index in [4.69, 9.17) is 14.2 Å². The maximum Gasteiger partial charge on any atom is 0.311 e. The van der Waals surface area contributed by atoms with Crippen LogP contribution < -0.4 is 19.5 Å². The average Bonchev–Trinajstić information content (AvgIpc) is 2.82. The number of pyridine rings is 1. The summed E-state index contributed by atoms with van der Waals surface area (Å²) in [7, 11) is 4.44. The lowest BCUT2D eigenvalue weighted by molar-refractivity contribution is -0.385. The van der Waals surface area contributed by atoms with Gasteiger partial charge in [0.2, 0.25) is 0 Å². The molecule has 9 heteroatoms. The molecule has 164 valence electrons. The number of carbonyl (C=O) groups excluding carboxylic acids is 1. The number of ether oxygens (including phenoxy) is 3. The second-order valence-corrected chi connectivity index (χ2v) is 6.48. The molecule has 1 aromatic heterocycles. The monoisotopic (exact) mass is 435 g/mol. The largest absolute Gasteiger partial charge is 0.493 e. The van der Waals surface area contributed by atoms with Crippen molar-refractivity contribution in [2.45, 2.75) is 0 Å². The van der Waals surface area contributed by atoms with Crippen molar-refractivity contribution in [2.75, 3.05) is 26.6 Å². The van der Waals surface area contributed by atoms with Gasteiger partial charge in [-0.05, 0) is 48.6 Å². The Balaban J connectivity index is 1.84. The molecule has 9 nitrogen and oxygen atoms in total. The Morgan fingerprint density at radius 2 is 1.72 bits per heavy atom. The van der Waals surface area contributed by atoms with Crippen molar-refractivity contribution in [1.82, 2.24) is 4.98 Å². The summed E-state index contributed by atoms with van der Waals surface area (Å²) in [6.45, 7) is 0. The van der Waals surface area contributed by atoms with E-state index in [0.717, 1.165) is 0 Å². The fraction of sp³-hybridized carbons (Fsp3) is 0.130. The highest BCUT2D eigenvalue weighted by Gasteiger charge is 2.17. The van der Waals surface area contributed by atoms with Crippen molar-refractivity contribution in [3.63, 3.8) is 0 Å². The quantitative estimate of drug-likeness (QED) is 0.224. The van der Waals surface area contributed by atoms with E-state index in [1.807, 2.05) is 6.07 Å². The minimum Gasteiger partial charge on any atom is -0.493 e. The van der Waals surface area contributed by atoms with Gasteiger partial charge < -0.3 is 19.5 Å². The molecule has 1 N–H and O–H groups in total. The van der Waals surface area contributed by atoms with Crippen LogP contribution in [0.15, 0.2) is 60.8 Å². The van der Waals surface area contributed by atoms with Crippen molar-refractivity contribution < 1.29 is 23.9 Å². The van der Waals surface area contributed by atoms with E-state index in [1.165, 1.54) is 31.4 Å². The van der Waals surface area contributed by atoms with Gasteiger partial charge in [0.05, 0.1) is 26.3 Å². The van der Waals surface area contributed by atoms with Crippen LogP contribution in [0, 0.1) is 10.1 Å². The average molecular weight is 435 g/mol. The first-order valence-electron chi connectivity index (χ1n) is 9.45. The molecule has 0 saturated heterocycles. The molecule has 0 radical (unpaired) electrons. The van der Waals surface area contributed by atoms with E-state index < -0.39 is 10.7 Å². The van der Waals surface area contributed by atoms with E-state index in [-0.39, 0.29) is 17.0 Å². The summed E-state index contributed by atoms with van der Waals surface area (Å²) >= 11 is 0. The number of nitrogens with zero attached hydrogens (tertiary/aromatic N) is 2. The summed E-state index contributed by atoms with van der Waals surface area (Å²) in [6, 6.07) is 12.9. The molecular weight excluding hydrogens is 414 g/mol. The number of nitro groups is 1. The summed E-state index contributed by atoms with van der Waals surface area (Å²) in [5.41, 5.74) is 1.27. The zero-order valence-electron chi connectivity index (χ0n) is 17.7. The molecule has 0 atom stereocenters. The molecule has 32 heavy (non-hydrogen) atoms. The van der Waals surface area contributed by atoms with E-state index in [0.29, 0.717) is 28.6 Å². The van der Waals surface area contributed by atoms with Gasteiger partial charge in [-0.1, -0.05) is 0 Å². The Kier molecular flexibility index (Phi) is 7.02. The van der Waals surface area contributed by atoms with Crippen molar-refractivity contribution >= 4 is 29.1 Å². The molecule has 3 rings (SSSR count). The second-order valence-electron chi connectivity index (χ2n) is 6.48. The van der Waals surface area contributed by atoms with Crippen LogP contribution in [0.2, 0.25) is 0 Å². The summed E-state index contributed by atoms with van der Waals surface area (Å²) in [4.78, 5) is 27.5. The lowest BCUT2D eigenvalue weighted by Gasteiger charge is -2.12. The summed E-state index contributed by atoms with van der Waals surface area (Å²) in [5, 5.41) is 14.4. The number of methoxy groups -OCH3 is 3. The highest BCUT2D eigenvalue weighted by molar-refractivity contribution is 6.07. The Morgan fingerprint density at radius 1 is 1.00 bits per heavy atom. The summed E-state index contributed by atoms with van der Waals surface area (Å²) < 4.78 is 15.5. The van der Waals surface area contributed by atoms with Gasteiger partial charge in [0.1, 0.15) is 5.82 Å². The number of ketones is 1. The molecule has 0 unspecified atom stereocenters. The number of carbonyl (C=O) groups is 1. The molecule has 3 aromatic rings. The molecule has 0 spiro atoms. The standard InChI is InChI=1S/C23H21N3O6/c1-30-20-10-7-16(13-18(20)26(28)29)19(27)9-6-15-5-4-12-24-23(15)25-17-8-11-21(31-2)22(14-17)32-3/h4-14H,1-3H3,(H,24,25). The zero-order chi connectivity index (χ0) is 23.1. The number of hydrogen-bond acceptors (Lipinski definition) is 8. The first kappa shape index (κ1) is 22.3. The smallest absolute Gasteiger partial charge is 0.311 e. The minimum absolute atomic E-state index is 0.0872. The van der Waals surface area contributed by atoms with Crippen LogP contribution in [0.4, 0.5) is 17.2 Å². The number of rotatable bonds is 9. The Hall–Kier alpha value is -4.40. The van der Waals surface area contributed by atoms with Gasteiger partial charge in [0, 0.05) is 35.1 Å². The predicted octanol–water partition coefficient (Wildman–Crippen LogP) is 4.66. The predicted molar refractivity (Wildman–Crippen MR) is 120 cm³/mol. The van der Waals surface area contributed by atoms with Crippen LogP contribution in [0.3, 0.4) is 0 Å². The number of benzene rings is 2. The molecule has 0 saturated carbocycles. The fourth-order valence-corrected chi connectivity index (χ4v) is 2.95. The second kappa shape index (κ2) is 10.1. The number of anilines is 2. The molecule has 0 aliphatic carbocycles. The van der Waals surface area contributed by atoms with E-state index in [9.17, 15) is 14.9 Å². The first-order chi connectivity index (χ1) is 15.5. The number of allylic oxidation sites excluding steroid dienone is 1. The zero-order valence-corrected chi connectivity index (χ0v) is 17.7. The van der Waals surface area contributed by atoms with Gasteiger partial charge >= 0.3 is 5.69 Å². The third kappa shape index (κ3) is 5.01. The van der Waals surface area contributed by atoms with Gasteiger partial charge in [-0.2, -0.15) is 0 Å². The Morgan fingerprint density at radius 3 is 2.41 bits per heavy atom. The van der Waals surface area contributed by atoms with Crippen molar-refractivity contribution in [3.05, 3.63) is 82.0 Å². The van der Waals surface area contributed by atoms with Crippen molar-refractivity contribution in [1.29, 1.82) is 0 Å².